The van der Waals surface area contributed by atoms with Crippen LogP contribution in [0.1, 0.15) is 25.0 Å². The van der Waals surface area contributed by atoms with Crippen LogP contribution < -0.4 is 5.32 Å². The molecular weight excluding hydrogens is 374 g/mol. The number of nitrogens with one attached hydrogen (secondary N) is 1. The van der Waals surface area contributed by atoms with Crippen LogP contribution in [0.2, 0.25) is 0 Å². The standard InChI is InChI=1S/C18H29NO7S/c1-15-6-4-5-7-16(15)14-18(2,3)26-17(20)19-8-9-24-10-11-25-12-13-27(21,22)23/h4-7H,8-14H2,1-3H3,(H,19,20)(H,21,22,23). The van der Waals surface area contributed by atoms with Crippen molar-refractivity contribution in [2.75, 3.05) is 38.7 Å². The second-order valence-corrected chi connectivity index (χ2v) is 8.26. The highest BCUT2D eigenvalue weighted by Crippen LogP contribution is 2.19. The highest BCUT2D eigenvalue weighted by atomic mass is 32.2. The zero-order valence-electron chi connectivity index (χ0n) is 16.1. The van der Waals surface area contributed by atoms with Crippen LogP contribution in [0, 0.1) is 6.92 Å². The summed E-state index contributed by atoms with van der Waals surface area (Å²) in [6.07, 6.45) is 0.103. The Morgan fingerprint density at radius 2 is 1.74 bits per heavy atom. The van der Waals surface area contributed by atoms with Gasteiger partial charge in [-0.2, -0.15) is 8.42 Å². The number of hydrogen-bond acceptors (Lipinski definition) is 6. The average Bonchev–Trinajstić information content (AvgIpc) is 2.53. The summed E-state index contributed by atoms with van der Waals surface area (Å²) >= 11 is 0. The fourth-order valence-electron chi connectivity index (χ4n) is 2.30. The minimum Gasteiger partial charge on any atom is -0.443 e. The molecule has 0 aliphatic rings. The Labute approximate surface area is 160 Å². The molecule has 1 rings (SSSR count). The van der Waals surface area contributed by atoms with E-state index in [4.69, 9.17) is 18.8 Å². The van der Waals surface area contributed by atoms with E-state index in [1.807, 2.05) is 45.0 Å². The molecule has 0 aliphatic heterocycles. The van der Waals surface area contributed by atoms with E-state index in [9.17, 15) is 13.2 Å². The molecule has 0 spiro atoms. The molecule has 0 aliphatic carbocycles. The number of carbonyl (C=O) groups is 1. The lowest BCUT2D eigenvalue weighted by Crippen LogP contribution is -2.37. The second kappa shape index (κ2) is 11.2. The summed E-state index contributed by atoms with van der Waals surface area (Å²) in [5.74, 6) is -0.446. The molecule has 8 nitrogen and oxygen atoms in total. The van der Waals surface area contributed by atoms with Crippen LogP contribution in [0.4, 0.5) is 4.79 Å². The summed E-state index contributed by atoms with van der Waals surface area (Å²) in [6.45, 7) is 6.65. The van der Waals surface area contributed by atoms with Crippen molar-refractivity contribution in [3.63, 3.8) is 0 Å². The van der Waals surface area contributed by atoms with Crippen LogP contribution in [-0.4, -0.2) is 63.4 Å². The lowest BCUT2D eigenvalue weighted by atomic mass is 9.95. The third-order valence-corrected chi connectivity index (χ3v) is 4.30. The van der Waals surface area contributed by atoms with Crippen LogP contribution >= 0.6 is 0 Å². The van der Waals surface area contributed by atoms with Gasteiger partial charge in [0.25, 0.3) is 10.1 Å². The SMILES string of the molecule is Cc1ccccc1CC(C)(C)OC(=O)NCCOCCOCCS(=O)(=O)O. The Kier molecular flexibility index (Phi) is 9.71. The van der Waals surface area contributed by atoms with Gasteiger partial charge >= 0.3 is 6.09 Å². The monoisotopic (exact) mass is 403 g/mol. The van der Waals surface area contributed by atoms with Crippen molar-refractivity contribution >= 4 is 16.2 Å². The molecule has 0 fully saturated rings. The fourth-order valence-corrected chi connectivity index (χ4v) is 2.63. The van der Waals surface area contributed by atoms with Crippen molar-refractivity contribution in [3.05, 3.63) is 35.4 Å². The molecule has 1 amide bonds. The zero-order chi connectivity index (χ0) is 20.3. The van der Waals surface area contributed by atoms with E-state index in [0.29, 0.717) is 6.42 Å². The first-order valence-electron chi connectivity index (χ1n) is 8.71. The van der Waals surface area contributed by atoms with E-state index >= 15 is 0 Å². The summed E-state index contributed by atoms with van der Waals surface area (Å²) in [5, 5.41) is 2.62. The predicted molar refractivity (Wildman–Crippen MR) is 101 cm³/mol. The predicted octanol–water partition coefficient (Wildman–Crippen LogP) is 1.96. The summed E-state index contributed by atoms with van der Waals surface area (Å²) < 4.78 is 45.2. The third-order valence-electron chi connectivity index (χ3n) is 3.62. The van der Waals surface area contributed by atoms with Crippen molar-refractivity contribution in [1.29, 1.82) is 0 Å². The van der Waals surface area contributed by atoms with Crippen molar-refractivity contribution in [2.24, 2.45) is 0 Å². The second-order valence-electron chi connectivity index (χ2n) is 6.69. The number of ether oxygens (including phenoxy) is 3. The number of carbonyl (C=O) groups excluding carboxylic acids is 1. The number of benzene rings is 1. The van der Waals surface area contributed by atoms with Crippen LogP contribution in [-0.2, 0) is 30.7 Å². The number of alkyl carbamates (subject to hydrolysis) is 1. The Morgan fingerprint density at radius 1 is 1.11 bits per heavy atom. The molecule has 0 aromatic heterocycles. The first kappa shape index (κ1) is 23.4. The molecule has 27 heavy (non-hydrogen) atoms. The van der Waals surface area contributed by atoms with E-state index in [0.717, 1.165) is 11.1 Å². The Balaban J connectivity index is 2.13. The molecule has 2 N–H and O–H groups in total. The molecule has 1 aromatic carbocycles. The van der Waals surface area contributed by atoms with Gasteiger partial charge in [-0.1, -0.05) is 24.3 Å². The van der Waals surface area contributed by atoms with Gasteiger partial charge in [-0.3, -0.25) is 4.55 Å². The number of aryl methyl sites for hydroxylation is 1. The lowest BCUT2D eigenvalue weighted by Gasteiger charge is -2.26. The summed E-state index contributed by atoms with van der Waals surface area (Å²) in [6, 6.07) is 7.97. The largest absolute Gasteiger partial charge is 0.443 e. The van der Waals surface area contributed by atoms with Crippen molar-refractivity contribution in [1.82, 2.24) is 5.32 Å². The van der Waals surface area contributed by atoms with Gasteiger partial charge in [-0.25, -0.2) is 4.79 Å². The molecule has 0 heterocycles. The number of rotatable bonds is 12. The molecule has 154 valence electrons. The normalized spacial score (nSPS) is 12.0. The molecule has 0 atom stereocenters. The first-order valence-corrected chi connectivity index (χ1v) is 10.3. The van der Waals surface area contributed by atoms with Gasteiger partial charge in [0, 0.05) is 13.0 Å². The van der Waals surface area contributed by atoms with Crippen LogP contribution in [0.3, 0.4) is 0 Å². The smallest absolute Gasteiger partial charge is 0.407 e. The van der Waals surface area contributed by atoms with Gasteiger partial charge < -0.3 is 19.5 Å². The van der Waals surface area contributed by atoms with Gasteiger partial charge in [-0.05, 0) is 31.9 Å². The van der Waals surface area contributed by atoms with Gasteiger partial charge in [-0.15, -0.1) is 0 Å². The van der Waals surface area contributed by atoms with E-state index in [-0.39, 0.29) is 33.0 Å². The maximum atomic E-state index is 11.9. The topological polar surface area (TPSA) is 111 Å². The van der Waals surface area contributed by atoms with E-state index in [1.165, 1.54) is 0 Å². The molecule has 0 saturated heterocycles. The summed E-state index contributed by atoms with van der Waals surface area (Å²) in [7, 11) is -4.00. The molecule has 0 saturated carbocycles. The summed E-state index contributed by atoms with van der Waals surface area (Å²) in [4.78, 5) is 11.9. The van der Waals surface area contributed by atoms with Crippen molar-refractivity contribution < 1.29 is 32.0 Å². The highest BCUT2D eigenvalue weighted by molar-refractivity contribution is 7.85. The zero-order valence-corrected chi connectivity index (χ0v) is 16.9. The molecule has 9 heteroatoms. The molecular formula is C18H29NO7S. The van der Waals surface area contributed by atoms with E-state index < -0.39 is 27.6 Å². The van der Waals surface area contributed by atoms with Gasteiger partial charge in [0.1, 0.15) is 5.60 Å². The van der Waals surface area contributed by atoms with Crippen LogP contribution in [0.15, 0.2) is 24.3 Å². The number of hydrogen-bond donors (Lipinski definition) is 2. The highest BCUT2D eigenvalue weighted by Gasteiger charge is 2.24. The fraction of sp³-hybridized carbons (Fsp3) is 0.611. The molecule has 1 aromatic rings. The first-order chi connectivity index (χ1) is 12.6. The molecule has 0 bridgehead atoms. The van der Waals surface area contributed by atoms with E-state index in [2.05, 4.69) is 5.32 Å². The van der Waals surface area contributed by atoms with Crippen LogP contribution in [0.5, 0.6) is 0 Å². The van der Waals surface area contributed by atoms with Crippen LogP contribution in [0.25, 0.3) is 0 Å². The maximum absolute atomic E-state index is 11.9. The van der Waals surface area contributed by atoms with Gasteiger partial charge in [0.05, 0.1) is 32.2 Å². The Bertz CT molecular complexity index is 689. The quantitative estimate of drug-likeness (QED) is 0.405. The number of amides is 1. The summed E-state index contributed by atoms with van der Waals surface area (Å²) in [5.41, 5.74) is 1.65. The maximum Gasteiger partial charge on any atom is 0.407 e. The van der Waals surface area contributed by atoms with Crippen molar-refractivity contribution in [3.8, 4) is 0 Å². The minimum atomic E-state index is -4.00. The lowest BCUT2D eigenvalue weighted by molar-refractivity contribution is 0.0334. The molecule has 0 unspecified atom stereocenters. The third kappa shape index (κ3) is 11.6. The Hall–Kier alpha value is -1.68. The Morgan fingerprint density at radius 3 is 2.37 bits per heavy atom. The molecule has 0 radical (unpaired) electrons. The van der Waals surface area contributed by atoms with Gasteiger partial charge in [0.2, 0.25) is 0 Å². The average molecular weight is 403 g/mol. The van der Waals surface area contributed by atoms with E-state index in [1.54, 1.807) is 0 Å². The minimum absolute atomic E-state index is 0.0945. The van der Waals surface area contributed by atoms with Gasteiger partial charge in [0.15, 0.2) is 0 Å². The van der Waals surface area contributed by atoms with Crippen molar-refractivity contribution in [2.45, 2.75) is 32.8 Å².